The standard InChI is InChI=1S/C19H19NO3/c1-2-11-20-17(10-9-16(18(20)21)19(22)23)15-8-7-13-5-3-4-6-14(13)12-15/h2,7-10,12H,1,3-6,11H2,(H,22,23). The number of aryl methyl sites for hydroxylation is 2. The summed E-state index contributed by atoms with van der Waals surface area (Å²) in [4.78, 5) is 23.6. The lowest BCUT2D eigenvalue weighted by molar-refractivity contribution is 0.0694. The van der Waals surface area contributed by atoms with Gasteiger partial charge >= 0.3 is 5.97 Å². The van der Waals surface area contributed by atoms with Crippen molar-refractivity contribution in [3.63, 3.8) is 0 Å². The fraction of sp³-hybridized carbons (Fsp3) is 0.263. The van der Waals surface area contributed by atoms with Gasteiger partial charge in [-0.1, -0.05) is 18.2 Å². The third-order valence-corrected chi connectivity index (χ3v) is 4.36. The fourth-order valence-electron chi connectivity index (χ4n) is 3.20. The molecule has 0 amide bonds. The van der Waals surface area contributed by atoms with Crippen LogP contribution in [-0.4, -0.2) is 15.6 Å². The number of carboxylic acid groups (broad SMARTS) is 1. The highest BCUT2D eigenvalue weighted by atomic mass is 16.4. The minimum Gasteiger partial charge on any atom is -0.477 e. The van der Waals surface area contributed by atoms with Crippen LogP contribution in [0.5, 0.6) is 0 Å². The zero-order chi connectivity index (χ0) is 16.4. The highest BCUT2D eigenvalue weighted by molar-refractivity contribution is 5.87. The van der Waals surface area contributed by atoms with Crippen molar-refractivity contribution in [3.05, 3.63) is 70.0 Å². The molecule has 1 aromatic heterocycles. The van der Waals surface area contributed by atoms with Crippen molar-refractivity contribution < 1.29 is 9.90 Å². The molecule has 118 valence electrons. The van der Waals surface area contributed by atoms with Crippen LogP contribution in [0.4, 0.5) is 0 Å². The molecule has 1 N–H and O–H groups in total. The van der Waals surface area contributed by atoms with Gasteiger partial charge in [0.1, 0.15) is 5.56 Å². The molecule has 0 fully saturated rings. The number of rotatable bonds is 4. The minimum atomic E-state index is -1.20. The zero-order valence-electron chi connectivity index (χ0n) is 12.9. The highest BCUT2D eigenvalue weighted by Gasteiger charge is 2.16. The molecular weight excluding hydrogens is 290 g/mol. The summed E-state index contributed by atoms with van der Waals surface area (Å²) in [5.41, 5.74) is 3.67. The molecule has 3 rings (SSSR count). The van der Waals surface area contributed by atoms with Gasteiger partial charge in [-0.15, -0.1) is 6.58 Å². The molecular formula is C19H19NO3. The Kier molecular flexibility index (Phi) is 4.15. The van der Waals surface area contributed by atoms with Gasteiger partial charge in [0.25, 0.3) is 5.56 Å². The van der Waals surface area contributed by atoms with Crippen LogP contribution >= 0.6 is 0 Å². The van der Waals surface area contributed by atoms with Crippen LogP contribution in [0.1, 0.15) is 34.3 Å². The van der Waals surface area contributed by atoms with Gasteiger partial charge < -0.3 is 9.67 Å². The van der Waals surface area contributed by atoms with Crippen molar-refractivity contribution in [1.82, 2.24) is 4.57 Å². The van der Waals surface area contributed by atoms with Crippen LogP contribution in [0.15, 0.2) is 47.8 Å². The van der Waals surface area contributed by atoms with Crippen molar-refractivity contribution in [2.45, 2.75) is 32.2 Å². The Morgan fingerprint density at radius 1 is 1.17 bits per heavy atom. The number of hydrogen-bond acceptors (Lipinski definition) is 2. The number of benzene rings is 1. The lowest BCUT2D eigenvalue weighted by Gasteiger charge is -2.18. The molecule has 0 bridgehead atoms. The van der Waals surface area contributed by atoms with E-state index in [4.69, 9.17) is 5.11 Å². The smallest absolute Gasteiger partial charge is 0.341 e. The van der Waals surface area contributed by atoms with Crippen LogP contribution in [0.3, 0.4) is 0 Å². The van der Waals surface area contributed by atoms with Gasteiger partial charge in [-0.05, 0) is 60.6 Å². The lowest BCUT2D eigenvalue weighted by Crippen LogP contribution is -2.27. The van der Waals surface area contributed by atoms with Crippen LogP contribution in [-0.2, 0) is 19.4 Å². The molecule has 4 heteroatoms. The van der Waals surface area contributed by atoms with Gasteiger partial charge in [0.15, 0.2) is 0 Å². The molecule has 0 saturated carbocycles. The fourth-order valence-corrected chi connectivity index (χ4v) is 3.20. The number of pyridine rings is 1. The molecule has 0 saturated heterocycles. The van der Waals surface area contributed by atoms with E-state index in [-0.39, 0.29) is 12.1 Å². The summed E-state index contributed by atoms with van der Waals surface area (Å²) in [5.74, 6) is -1.20. The Morgan fingerprint density at radius 3 is 2.61 bits per heavy atom. The lowest BCUT2D eigenvalue weighted by atomic mass is 9.90. The van der Waals surface area contributed by atoms with E-state index in [9.17, 15) is 9.59 Å². The maximum absolute atomic E-state index is 12.4. The SMILES string of the molecule is C=CCn1c(-c2ccc3c(c2)CCCC3)ccc(C(=O)O)c1=O. The van der Waals surface area contributed by atoms with E-state index in [0.717, 1.165) is 24.1 Å². The number of carboxylic acids is 1. The van der Waals surface area contributed by atoms with Crippen molar-refractivity contribution in [3.8, 4) is 11.3 Å². The summed E-state index contributed by atoms with van der Waals surface area (Å²) in [5, 5.41) is 9.14. The van der Waals surface area contributed by atoms with Crippen LogP contribution in [0, 0.1) is 0 Å². The predicted molar refractivity (Wildman–Crippen MR) is 89.9 cm³/mol. The molecule has 4 nitrogen and oxygen atoms in total. The van der Waals surface area contributed by atoms with E-state index in [1.807, 2.05) is 6.07 Å². The minimum absolute atomic E-state index is 0.214. The first-order valence-corrected chi connectivity index (χ1v) is 7.82. The molecule has 2 aromatic rings. The van der Waals surface area contributed by atoms with E-state index < -0.39 is 11.5 Å². The third kappa shape index (κ3) is 2.84. The van der Waals surface area contributed by atoms with Gasteiger partial charge in [-0.2, -0.15) is 0 Å². The van der Waals surface area contributed by atoms with E-state index in [1.165, 1.54) is 34.6 Å². The van der Waals surface area contributed by atoms with Gasteiger partial charge in [0.2, 0.25) is 0 Å². The Morgan fingerprint density at radius 2 is 1.91 bits per heavy atom. The van der Waals surface area contributed by atoms with Crippen LogP contribution < -0.4 is 5.56 Å². The van der Waals surface area contributed by atoms with Gasteiger partial charge in [-0.3, -0.25) is 4.79 Å². The Hall–Kier alpha value is -2.62. The van der Waals surface area contributed by atoms with Crippen molar-refractivity contribution in [2.24, 2.45) is 0 Å². The normalized spacial score (nSPS) is 13.4. The van der Waals surface area contributed by atoms with Gasteiger partial charge in [0, 0.05) is 6.54 Å². The van der Waals surface area contributed by atoms with Crippen LogP contribution in [0.2, 0.25) is 0 Å². The Labute approximate surface area is 134 Å². The second-order valence-corrected chi connectivity index (χ2v) is 5.83. The largest absolute Gasteiger partial charge is 0.477 e. The summed E-state index contributed by atoms with van der Waals surface area (Å²) >= 11 is 0. The van der Waals surface area contributed by atoms with Gasteiger partial charge in [-0.25, -0.2) is 4.79 Å². The number of hydrogen-bond donors (Lipinski definition) is 1. The maximum atomic E-state index is 12.4. The topological polar surface area (TPSA) is 59.3 Å². The zero-order valence-corrected chi connectivity index (χ0v) is 12.9. The maximum Gasteiger partial charge on any atom is 0.341 e. The summed E-state index contributed by atoms with van der Waals surface area (Å²) in [6.07, 6.45) is 6.18. The van der Waals surface area contributed by atoms with E-state index >= 15 is 0 Å². The predicted octanol–water partition coefficient (Wildman–Crippen LogP) is 3.28. The molecule has 0 unspecified atom stereocenters. The molecule has 1 aliphatic rings. The Balaban J connectivity index is 2.15. The molecule has 1 aromatic carbocycles. The molecule has 0 aliphatic heterocycles. The molecule has 23 heavy (non-hydrogen) atoms. The second-order valence-electron chi connectivity index (χ2n) is 5.83. The number of aromatic carboxylic acids is 1. The molecule has 0 spiro atoms. The average molecular weight is 309 g/mol. The first kappa shape index (κ1) is 15.3. The van der Waals surface area contributed by atoms with Gasteiger partial charge in [0.05, 0.1) is 5.69 Å². The van der Waals surface area contributed by atoms with E-state index in [0.29, 0.717) is 0 Å². The monoisotopic (exact) mass is 309 g/mol. The first-order chi connectivity index (χ1) is 11.1. The number of fused-ring (bicyclic) bond motifs is 1. The van der Waals surface area contributed by atoms with Crippen LogP contribution in [0.25, 0.3) is 11.3 Å². The van der Waals surface area contributed by atoms with Crippen molar-refractivity contribution in [1.29, 1.82) is 0 Å². The molecule has 1 aliphatic carbocycles. The van der Waals surface area contributed by atoms with E-state index in [2.05, 4.69) is 18.7 Å². The molecule has 1 heterocycles. The number of allylic oxidation sites excluding steroid dienone is 1. The molecule has 0 atom stereocenters. The third-order valence-electron chi connectivity index (χ3n) is 4.36. The first-order valence-electron chi connectivity index (χ1n) is 7.82. The number of carbonyl (C=O) groups is 1. The highest BCUT2D eigenvalue weighted by Crippen LogP contribution is 2.27. The summed E-state index contributed by atoms with van der Waals surface area (Å²) in [6.45, 7) is 3.95. The van der Waals surface area contributed by atoms with E-state index in [1.54, 1.807) is 12.1 Å². The Bertz CT molecular complexity index is 833. The second kappa shape index (κ2) is 6.24. The summed E-state index contributed by atoms with van der Waals surface area (Å²) < 4.78 is 1.47. The van der Waals surface area contributed by atoms with Crippen molar-refractivity contribution in [2.75, 3.05) is 0 Å². The average Bonchev–Trinajstić information content (AvgIpc) is 2.56. The number of aromatic nitrogens is 1. The number of nitrogens with zero attached hydrogens (tertiary/aromatic N) is 1. The van der Waals surface area contributed by atoms with Crippen molar-refractivity contribution >= 4 is 5.97 Å². The quantitative estimate of drug-likeness (QED) is 0.882. The summed E-state index contributed by atoms with van der Waals surface area (Å²) in [6, 6.07) is 9.36. The molecule has 0 radical (unpaired) electrons. The summed E-state index contributed by atoms with van der Waals surface area (Å²) in [7, 11) is 0.